The first-order valence-corrected chi connectivity index (χ1v) is 4.84. The summed E-state index contributed by atoms with van der Waals surface area (Å²) in [5, 5.41) is 7.83. The first-order valence-electron chi connectivity index (χ1n) is 4.07. The van der Waals surface area contributed by atoms with Crippen LogP contribution >= 0.6 is 11.5 Å². The molecule has 14 heavy (non-hydrogen) atoms. The van der Waals surface area contributed by atoms with E-state index < -0.39 is 0 Å². The first kappa shape index (κ1) is 8.96. The minimum absolute atomic E-state index is 0.845. The Bertz CT molecular complexity index is 385. The standard InChI is InChI=1S/C9H9N3OS/c1-13-8-4-2-7(3-5-8)11-9-6-10-12-14-9/h2-6,11H,1H3. The highest BCUT2D eigenvalue weighted by Gasteiger charge is 1.96. The number of hydrogen-bond donors (Lipinski definition) is 1. The van der Waals surface area contributed by atoms with Gasteiger partial charge in [-0.2, -0.15) is 0 Å². The Balaban J connectivity index is 2.10. The van der Waals surface area contributed by atoms with Crippen LogP contribution in [0.4, 0.5) is 10.7 Å². The van der Waals surface area contributed by atoms with Gasteiger partial charge in [-0.05, 0) is 24.3 Å². The summed E-state index contributed by atoms with van der Waals surface area (Å²) < 4.78 is 8.81. The van der Waals surface area contributed by atoms with E-state index in [0.717, 1.165) is 16.4 Å². The first-order chi connectivity index (χ1) is 6.88. The summed E-state index contributed by atoms with van der Waals surface area (Å²) in [4.78, 5) is 0. The average Bonchev–Trinajstić information content (AvgIpc) is 2.72. The zero-order chi connectivity index (χ0) is 9.80. The predicted molar refractivity (Wildman–Crippen MR) is 56.2 cm³/mol. The van der Waals surface area contributed by atoms with Gasteiger partial charge in [0.2, 0.25) is 0 Å². The molecule has 1 aromatic carbocycles. The third-order valence-electron chi connectivity index (χ3n) is 1.72. The lowest BCUT2D eigenvalue weighted by Gasteiger charge is -2.03. The van der Waals surface area contributed by atoms with Crippen LogP contribution in [0, 0.1) is 0 Å². The number of aromatic nitrogens is 2. The summed E-state index contributed by atoms with van der Waals surface area (Å²) in [7, 11) is 1.65. The van der Waals surface area contributed by atoms with E-state index in [1.807, 2.05) is 24.3 Å². The van der Waals surface area contributed by atoms with Crippen molar-refractivity contribution in [1.29, 1.82) is 0 Å². The summed E-state index contributed by atoms with van der Waals surface area (Å²) in [5.41, 5.74) is 0.997. The van der Waals surface area contributed by atoms with Crippen molar-refractivity contribution < 1.29 is 4.74 Å². The maximum absolute atomic E-state index is 5.05. The normalized spacial score (nSPS) is 9.79. The Kier molecular flexibility index (Phi) is 2.60. The fourth-order valence-electron chi connectivity index (χ4n) is 1.04. The predicted octanol–water partition coefficient (Wildman–Crippen LogP) is 2.29. The van der Waals surface area contributed by atoms with E-state index in [-0.39, 0.29) is 0 Å². The Morgan fingerprint density at radius 1 is 1.29 bits per heavy atom. The molecule has 1 heterocycles. The molecule has 2 rings (SSSR count). The van der Waals surface area contributed by atoms with Gasteiger partial charge in [-0.1, -0.05) is 4.49 Å². The van der Waals surface area contributed by atoms with Gasteiger partial charge in [-0.15, -0.1) is 5.10 Å². The zero-order valence-electron chi connectivity index (χ0n) is 7.60. The van der Waals surface area contributed by atoms with Gasteiger partial charge in [-0.25, -0.2) is 0 Å². The van der Waals surface area contributed by atoms with Crippen LogP contribution in [0.15, 0.2) is 30.5 Å². The van der Waals surface area contributed by atoms with Gasteiger partial charge in [-0.3, -0.25) is 0 Å². The molecule has 0 atom stereocenters. The molecule has 1 aromatic heterocycles. The van der Waals surface area contributed by atoms with Crippen LogP contribution in [0.3, 0.4) is 0 Å². The molecule has 5 heteroatoms. The van der Waals surface area contributed by atoms with Crippen molar-refractivity contribution >= 4 is 22.2 Å². The topological polar surface area (TPSA) is 47.0 Å². The van der Waals surface area contributed by atoms with Crippen molar-refractivity contribution in [3.63, 3.8) is 0 Å². The Hall–Kier alpha value is -1.62. The van der Waals surface area contributed by atoms with Gasteiger partial charge >= 0.3 is 0 Å². The minimum Gasteiger partial charge on any atom is -0.497 e. The zero-order valence-corrected chi connectivity index (χ0v) is 8.41. The minimum atomic E-state index is 0.845. The smallest absolute Gasteiger partial charge is 0.134 e. The second-order valence-electron chi connectivity index (χ2n) is 2.64. The molecular weight excluding hydrogens is 198 g/mol. The second kappa shape index (κ2) is 4.06. The van der Waals surface area contributed by atoms with Gasteiger partial charge in [0.15, 0.2) is 0 Å². The Morgan fingerprint density at radius 3 is 2.64 bits per heavy atom. The maximum Gasteiger partial charge on any atom is 0.134 e. The molecule has 72 valence electrons. The van der Waals surface area contributed by atoms with E-state index in [4.69, 9.17) is 4.74 Å². The summed E-state index contributed by atoms with van der Waals surface area (Å²) in [5.74, 6) is 0.845. The van der Waals surface area contributed by atoms with Gasteiger partial charge in [0.25, 0.3) is 0 Å². The largest absolute Gasteiger partial charge is 0.497 e. The number of benzene rings is 1. The summed E-state index contributed by atoms with van der Waals surface area (Å²) in [6.45, 7) is 0. The van der Waals surface area contributed by atoms with Crippen LogP contribution in [0.2, 0.25) is 0 Å². The summed E-state index contributed by atoms with van der Waals surface area (Å²) >= 11 is 1.32. The molecule has 0 aliphatic rings. The van der Waals surface area contributed by atoms with Crippen LogP contribution in [0.5, 0.6) is 5.75 Å². The van der Waals surface area contributed by atoms with E-state index in [0.29, 0.717) is 0 Å². The molecule has 0 aliphatic carbocycles. The average molecular weight is 207 g/mol. The van der Waals surface area contributed by atoms with E-state index in [1.165, 1.54) is 11.5 Å². The third kappa shape index (κ3) is 2.00. The fraction of sp³-hybridized carbons (Fsp3) is 0.111. The number of nitrogens with one attached hydrogen (secondary N) is 1. The lowest BCUT2D eigenvalue weighted by atomic mass is 10.3. The number of nitrogens with zero attached hydrogens (tertiary/aromatic N) is 2. The SMILES string of the molecule is COc1ccc(Nc2cnns2)cc1. The van der Waals surface area contributed by atoms with Crippen LogP contribution in [-0.2, 0) is 0 Å². The van der Waals surface area contributed by atoms with Crippen LogP contribution in [-0.4, -0.2) is 16.7 Å². The molecule has 0 unspecified atom stereocenters. The van der Waals surface area contributed by atoms with Crippen LogP contribution < -0.4 is 10.1 Å². The van der Waals surface area contributed by atoms with Crippen molar-refractivity contribution in [3.8, 4) is 5.75 Å². The fourth-order valence-corrected chi connectivity index (χ4v) is 1.48. The number of ether oxygens (including phenoxy) is 1. The molecule has 0 amide bonds. The maximum atomic E-state index is 5.05. The highest BCUT2D eigenvalue weighted by atomic mass is 32.1. The Morgan fingerprint density at radius 2 is 2.07 bits per heavy atom. The van der Waals surface area contributed by atoms with Crippen molar-refractivity contribution in [2.75, 3.05) is 12.4 Å². The van der Waals surface area contributed by atoms with E-state index in [9.17, 15) is 0 Å². The number of anilines is 2. The van der Waals surface area contributed by atoms with Gasteiger partial charge in [0, 0.05) is 17.2 Å². The Labute approximate surface area is 85.7 Å². The molecule has 0 bridgehead atoms. The molecule has 0 fully saturated rings. The molecular formula is C9H9N3OS. The molecule has 0 saturated heterocycles. The van der Waals surface area contributed by atoms with Gasteiger partial charge < -0.3 is 10.1 Å². The molecule has 0 radical (unpaired) electrons. The third-order valence-corrected chi connectivity index (χ3v) is 2.30. The number of hydrogen-bond acceptors (Lipinski definition) is 5. The lowest BCUT2D eigenvalue weighted by molar-refractivity contribution is 0.415. The molecule has 0 aliphatic heterocycles. The molecule has 0 spiro atoms. The van der Waals surface area contributed by atoms with E-state index >= 15 is 0 Å². The summed E-state index contributed by atoms with van der Waals surface area (Å²) in [6, 6.07) is 7.69. The molecule has 1 N–H and O–H groups in total. The molecule has 4 nitrogen and oxygen atoms in total. The summed E-state index contributed by atoms with van der Waals surface area (Å²) in [6.07, 6.45) is 1.69. The van der Waals surface area contributed by atoms with E-state index in [2.05, 4.69) is 14.9 Å². The lowest BCUT2D eigenvalue weighted by Crippen LogP contribution is -1.87. The van der Waals surface area contributed by atoms with Gasteiger partial charge in [0.05, 0.1) is 13.3 Å². The monoisotopic (exact) mass is 207 g/mol. The molecule has 0 saturated carbocycles. The van der Waals surface area contributed by atoms with Crippen molar-refractivity contribution in [3.05, 3.63) is 30.5 Å². The number of rotatable bonds is 3. The number of methoxy groups -OCH3 is 1. The van der Waals surface area contributed by atoms with Crippen LogP contribution in [0.1, 0.15) is 0 Å². The van der Waals surface area contributed by atoms with Crippen molar-refractivity contribution in [1.82, 2.24) is 9.59 Å². The second-order valence-corrected chi connectivity index (χ2v) is 3.42. The molecule has 2 aromatic rings. The quantitative estimate of drug-likeness (QED) is 0.838. The van der Waals surface area contributed by atoms with E-state index in [1.54, 1.807) is 13.3 Å². The van der Waals surface area contributed by atoms with Crippen LogP contribution in [0.25, 0.3) is 0 Å². The highest BCUT2D eigenvalue weighted by Crippen LogP contribution is 2.20. The highest BCUT2D eigenvalue weighted by molar-refractivity contribution is 7.09. The van der Waals surface area contributed by atoms with Crippen molar-refractivity contribution in [2.24, 2.45) is 0 Å². The van der Waals surface area contributed by atoms with Crippen molar-refractivity contribution in [2.45, 2.75) is 0 Å². The van der Waals surface area contributed by atoms with Gasteiger partial charge in [0.1, 0.15) is 10.8 Å².